The second kappa shape index (κ2) is 8.30. The molecule has 0 saturated carbocycles. The minimum Gasteiger partial charge on any atom is -0.497 e. The lowest BCUT2D eigenvalue weighted by Crippen LogP contribution is -2.52. The van der Waals surface area contributed by atoms with E-state index in [9.17, 15) is 9.59 Å². The molecule has 0 aromatic heterocycles. The van der Waals surface area contributed by atoms with Crippen molar-refractivity contribution in [2.24, 2.45) is 17.8 Å². The van der Waals surface area contributed by atoms with Crippen molar-refractivity contribution in [1.82, 2.24) is 5.32 Å². The van der Waals surface area contributed by atoms with E-state index >= 15 is 0 Å². The van der Waals surface area contributed by atoms with Gasteiger partial charge < -0.3 is 15.0 Å². The van der Waals surface area contributed by atoms with Crippen molar-refractivity contribution < 1.29 is 14.3 Å². The van der Waals surface area contributed by atoms with Crippen LogP contribution in [0.1, 0.15) is 25.8 Å². The molecule has 9 heteroatoms. The second-order valence-electron chi connectivity index (χ2n) is 9.53. The highest BCUT2D eigenvalue weighted by atomic mass is 35.5. The van der Waals surface area contributed by atoms with Crippen molar-refractivity contribution in [3.05, 3.63) is 51.0 Å². The van der Waals surface area contributed by atoms with E-state index in [0.29, 0.717) is 33.0 Å². The molecule has 0 aliphatic carbocycles. The lowest BCUT2D eigenvalue weighted by Gasteiger charge is -2.33. The highest BCUT2D eigenvalue weighted by Gasteiger charge is 2.68. The zero-order chi connectivity index (χ0) is 24.5. The number of nitrogens with one attached hydrogen (secondary N) is 1. The highest BCUT2D eigenvalue weighted by molar-refractivity contribution is 6.37. The molecule has 2 amide bonds. The maximum atomic E-state index is 14.1. The molecule has 0 bridgehead atoms. The predicted molar refractivity (Wildman–Crippen MR) is 135 cm³/mol. The number of likely N-dealkylation sites (N-methyl/N-ethyl adjacent to an activating group) is 1. The van der Waals surface area contributed by atoms with Gasteiger partial charge in [-0.3, -0.25) is 9.59 Å². The summed E-state index contributed by atoms with van der Waals surface area (Å²) in [5.41, 5.74) is 1.33. The number of methoxy groups -OCH3 is 1. The van der Waals surface area contributed by atoms with Crippen molar-refractivity contribution in [3.63, 3.8) is 0 Å². The fourth-order valence-corrected chi connectivity index (χ4v) is 6.93. The summed E-state index contributed by atoms with van der Waals surface area (Å²) >= 11 is 19.3. The van der Waals surface area contributed by atoms with Crippen molar-refractivity contribution in [2.45, 2.75) is 31.8 Å². The van der Waals surface area contributed by atoms with E-state index in [2.05, 4.69) is 19.2 Å². The lowest BCUT2D eigenvalue weighted by atomic mass is 9.76. The average molecular weight is 523 g/mol. The van der Waals surface area contributed by atoms with Crippen LogP contribution in [0.5, 0.6) is 5.75 Å². The number of anilines is 2. The molecule has 2 aromatic rings. The molecule has 3 aliphatic heterocycles. The smallest absolute Gasteiger partial charge is 0.240 e. The number of ether oxygens (including phenoxy) is 1. The van der Waals surface area contributed by atoms with Crippen LogP contribution in [-0.4, -0.2) is 38.6 Å². The van der Waals surface area contributed by atoms with Gasteiger partial charge in [-0.05, 0) is 30.2 Å². The summed E-state index contributed by atoms with van der Waals surface area (Å²) in [7, 11) is 3.47. The van der Waals surface area contributed by atoms with Gasteiger partial charge in [0.2, 0.25) is 11.8 Å². The number of carbonyl (C=O) groups excluding carboxylic acids is 2. The molecule has 0 radical (unpaired) electrons. The van der Waals surface area contributed by atoms with Crippen LogP contribution in [0.2, 0.25) is 15.1 Å². The van der Waals surface area contributed by atoms with Crippen LogP contribution in [0.15, 0.2) is 30.3 Å². The Kier molecular flexibility index (Phi) is 5.79. The van der Waals surface area contributed by atoms with Crippen molar-refractivity contribution in [2.75, 3.05) is 30.5 Å². The third-order valence-corrected chi connectivity index (χ3v) is 8.40. The standard InChI is InChI=1S/C25H26Cl3N3O3/c1-5-12(2)21-19-20(24(33)31(23(19)32)15-6-13(26)7-16(10-15)34-4)25(29-21)11-30(3)22-17(25)8-14(27)9-18(22)28/h6-10,12,19-21,29H,5,11H2,1-4H3. The Morgan fingerprint density at radius 1 is 1.12 bits per heavy atom. The SMILES string of the molecule is CCC(C)C1NC2(CN(C)c3c(Cl)cc(Cl)cc32)C2C(=O)N(c3cc(Cl)cc(OC)c3)C(=O)C12. The summed E-state index contributed by atoms with van der Waals surface area (Å²) < 4.78 is 5.33. The third-order valence-electron chi connectivity index (χ3n) is 7.68. The summed E-state index contributed by atoms with van der Waals surface area (Å²) in [6.07, 6.45) is 0.864. The van der Waals surface area contributed by atoms with Crippen LogP contribution in [0, 0.1) is 17.8 Å². The molecule has 5 unspecified atom stereocenters. The van der Waals surface area contributed by atoms with Crippen LogP contribution in [-0.2, 0) is 15.1 Å². The minimum atomic E-state index is -0.790. The number of hydrogen-bond acceptors (Lipinski definition) is 5. The van der Waals surface area contributed by atoms with Gasteiger partial charge in [-0.2, -0.15) is 0 Å². The number of fused-ring (bicyclic) bond motifs is 4. The summed E-state index contributed by atoms with van der Waals surface area (Å²) in [5.74, 6) is -0.961. The number of imide groups is 1. The van der Waals surface area contributed by atoms with Crippen molar-refractivity contribution >= 4 is 58.0 Å². The van der Waals surface area contributed by atoms with Gasteiger partial charge in [0, 0.05) is 41.3 Å². The maximum Gasteiger partial charge on any atom is 0.240 e. The zero-order valence-corrected chi connectivity index (χ0v) is 21.6. The van der Waals surface area contributed by atoms with Gasteiger partial charge in [0.25, 0.3) is 0 Å². The summed E-state index contributed by atoms with van der Waals surface area (Å²) in [4.78, 5) is 31.4. The van der Waals surface area contributed by atoms with E-state index in [4.69, 9.17) is 39.5 Å². The first-order valence-corrected chi connectivity index (χ1v) is 12.5. The molecule has 5 atom stereocenters. The topological polar surface area (TPSA) is 61.9 Å². The van der Waals surface area contributed by atoms with E-state index in [1.807, 2.05) is 18.0 Å². The van der Waals surface area contributed by atoms with Crippen LogP contribution >= 0.6 is 34.8 Å². The van der Waals surface area contributed by atoms with Gasteiger partial charge >= 0.3 is 0 Å². The Morgan fingerprint density at radius 3 is 2.50 bits per heavy atom. The van der Waals surface area contributed by atoms with E-state index in [1.54, 1.807) is 24.3 Å². The van der Waals surface area contributed by atoms with E-state index in [-0.39, 0.29) is 23.8 Å². The van der Waals surface area contributed by atoms with E-state index < -0.39 is 17.4 Å². The monoisotopic (exact) mass is 521 g/mol. The van der Waals surface area contributed by atoms with Crippen LogP contribution in [0.3, 0.4) is 0 Å². The number of benzene rings is 2. The second-order valence-corrected chi connectivity index (χ2v) is 10.8. The van der Waals surface area contributed by atoms with Crippen molar-refractivity contribution in [1.29, 1.82) is 0 Å². The Balaban J connectivity index is 1.69. The molecular weight excluding hydrogens is 497 g/mol. The van der Waals surface area contributed by atoms with Gasteiger partial charge in [0.05, 0.1) is 40.9 Å². The number of nitrogens with zero attached hydrogens (tertiary/aromatic N) is 2. The molecule has 5 rings (SSSR count). The van der Waals surface area contributed by atoms with Gasteiger partial charge in [-0.15, -0.1) is 0 Å². The average Bonchev–Trinajstić information content (AvgIpc) is 3.36. The molecule has 180 valence electrons. The first-order valence-electron chi connectivity index (χ1n) is 11.3. The molecule has 2 aromatic carbocycles. The number of halogens is 3. The van der Waals surface area contributed by atoms with Gasteiger partial charge in [-0.1, -0.05) is 55.1 Å². The number of carbonyl (C=O) groups is 2. The van der Waals surface area contributed by atoms with Gasteiger partial charge in [-0.25, -0.2) is 4.90 Å². The van der Waals surface area contributed by atoms with Gasteiger partial charge in [0.1, 0.15) is 5.75 Å². The summed E-state index contributed by atoms with van der Waals surface area (Å²) in [6, 6.07) is 8.34. The molecule has 2 saturated heterocycles. The molecule has 1 spiro atoms. The number of hydrogen-bond donors (Lipinski definition) is 1. The van der Waals surface area contributed by atoms with E-state index in [0.717, 1.165) is 17.7 Å². The Hall–Kier alpha value is -1.99. The van der Waals surface area contributed by atoms with Crippen molar-refractivity contribution in [3.8, 4) is 5.75 Å². The first kappa shape index (κ1) is 23.7. The zero-order valence-electron chi connectivity index (χ0n) is 19.4. The summed E-state index contributed by atoms with van der Waals surface area (Å²) in [6.45, 7) is 4.71. The lowest BCUT2D eigenvalue weighted by molar-refractivity contribution is -0.123. The number of amides is 2. The minimum absolute atomic E-state index is 0.168. The fraction of sp³-hybridized carbons (Fsp3) is 0.440. The Bertz CT molecular complexity index is 1210. The maximum absolute atomic E-state index is 14.1. The molecule has 6 nitrogen and oxygen atoms in total. The molecule has 1 N–H and O–H groups in total. The fourth-order valence-electron chi connectivity index (χ4n) is 6.07. The summed E-state index contributed by atoms with van der Waals surface area (Å²) in [5, 5.41) is 5.17. The first-order chi connectivity index (χ1) is 16.1. The molecule has 3 aliphatic rings. The molecule has 2 fully saturated rings. The van der Waals surface area contributed by atoms with Crippen LogP contribution in [0.4, 0.5) is 11.4 Å². The largest absolute Gasteiger partial charge is 0.497 e. The Labute approximate surface area is 214 Å². The predicted octanol–water partition coefficient (Wildman–Crippen LogP) is 5.12. The van der Waals surface area contributed by atoms with Crippen LogP contribution in [0.25, 0.3) is 0 Å². The van der Waals surface area contributed by atoms with Crippen LogP contribution < -0.4 is 19.9 Å². The number of rotatable bonds is 4. The third kappa shape index (κ3) is 3.26. The Morgan fingerprint density at radius 2 is 1.82 bits per heavy atom. The molecule has 3 heterocycles. The van der Waals surface area contributed by atoms with E-state index in [1.165, 1.54) is 12.0 Å². The molecule has 34 heavy (non-hydrogen) atoms. The highest BCUT2D eigenvalue weighted by Crippen LogP contribution is 2.57. The normalized spacial score (nSPS) is 28.6. The quantitative estimate of drug-likeness (QED) is 0.565. The molecular formula is C25H26Cl3N3O3. The van der Waals surface area contributed by atoms with Gasteiger partial charge in [0.15, 0.2) is 0 Å².